The fourth-order valence-corrected chi connectivity index (χ4v) is 1.77. The summed E-state index contributed by atoms with van der Waals surface area (Å²) < 4.78 is 5.30. The smallest absolute Gasteiger partial charge is 0.191 e. The van der Waals surface area contributed by atoms with Crippen molar-refractivity contribution in [3.63, 3.8) is 0 Å². The molecule has 6 heteroatoms. The third-order valence-corrected chi connectivity index (χ3v) is 2.82. The second kappa shape index (κ2) is 12.8. The Labute approximate surface area is 145 Å². The lowest BCUT2D eigenvalue weighted by Crippen LogP contribution is -2.37. The molecule has 0 saturated heterocycles. The van der Waals surface area contributed by atoms with Crippen LogP contribution in [0.2, 0.25) is 0 Å². The molecule has 0 amide bonds. The van der Waals surface area contributed by atoms with Crippen molar-refractivity contribution >= 4 is 29.9 Å². The van der Waals surface area contributed by atoms with Gasteiger partial charge in [-0.25, -0.2) is 0 Å². The molecular weight excluding hydrogens is 379 g/mol. The molecular formula is C15H27IN4O. The first-order valence-corrected chi connectivity index (χ1v) is 7.21. The van der Waals surface area contributed by atoms with Crippen LogP contribution < -0.4 is 10.6 Å². The van der Waals surface area contributed by atoms with Gasteiger partial charge in [0.1, 0.15) is 0 Å². The molecule has 0 saturated carbocycles. The molecule has 1 rings (SSSR count). The normalized spacial score (nSPS) is 10.9. The quantitative estimate of drug-likeness (QED) is 0.302. The molecule has 0 aliphatic carbocycles. The molecule has 0 atom stereocenters. The maximum atomic E-state index is 5.30. The third kappa shape index (κ3) is 9.62. The summed E-state index contributed by atoms with van der Waals surface area (Å²) in [5.41, 5.74) is 2.05. The average Bonchev–Trinajstić information content (AvgIpc) is 2.46. The molecule has 21 heavy (non-hydrogen) atoms. The van der Waals surface area contributed by atoms with Crippen molar-refractivity contribution < 1.29 is 4.74 Å². The van der Waals surface area contributed by atoms with Gasteiger partial charge in [0.05, 0.1) is 12.2 Å². The van der Waals surface area contributed by atoms with E-state index in [0.717, 1.165) is 49.9 Å². The van der Waals surface area contributed by atoms with Crippen LogP contribution in [0.1, 0.15) is 31.2 Å². The Hall–Kier alpha value is -0.890. The SMILES string of the molecule is CCOCCCCNC(=NC)NCc1cccc(C)n1.I. The topological polar surface area (TPSA) is 58.5 Å². The Balaban J connectivity index is 0.00000400. The fourth-order valence-electron chi connectivity index (χ4n) is 1.77. The first-order chi connectivity index (χ1) is 9.76. The Bertz CT molecular complexity index is 412. The number of nitrogens with one attached hydrogen (secondary N) is 2. The molecule has 1 heterocycles. The highest BCUT2D eigenvalue weighted by Gasteiger charge is 1.99. The van der Waals surface area contributed by atoms with Gasteiger partial charge >= 0.3 is 0 Å². The van der Waals surface area contributed by atoms with Crippen molar-refractivity contribution in [2.24, 2.45) is 4.99 Å². The van der Waals surface area contributed by atoms with Crippen molar-refractivity contribution in [3.05, 3.63) is 29.6 Å². The van der Waals surface area contributed by atoms with Gasteiger partial charge in [-0.3, -0.25) is 9.98 Å². The largest absolute Gasteiger partial charge is 0.382 e. The summed E-state index contributed by atoms with van der Waals surface area (Å²) in [7, 11) is 1.78. The molecule has 1 aromatic rings. The number of aromatic nitrogens is 1. The highest BCUT2D eigenvalue weighted by molar-refractivity contribution is 14.0. The molecule has 2 N–H and O–H groups in total. The number of guanidine groups is 1. The van der Waals surface area contributed by atoms with Crippen LogP contribution in [0.5, 0.6) is 0 Å². The molecule has 0 bridgehead atoms. The number of aliphatic imine (C=N–C) groups is 1. The zero-order valence-electron chi connectivity index (χ0n) is 13.2. The Morgan fingerprint density at radius 2 is 2.10 bits per heavy atom. The minimum Gasteiger partial charge on any atom is -0.382 e. The summed E-state index contributed by atoms with van der Waals surface area (Å²) in [6.07, 6.45) is 2.14. The lowest BCUT2D eigenvalue weighted by Gasteiger charge is -2.11. The van der Waals surface area contributed by atoms with E-state index >= 15 is 0 Å². The van der Waals surface area contributed by atoms with E-state index in [4.69, 9.17) is 4.74 Å². The first kappa shape index (κ1) is 20.1. The van der Waals surface area contributed by atoms with Gasteiger partial charge in [-0.2, -0.15) is 0 Å². The summed E-state index contributed by atoms with van der Waals surface area (Å²) in [5.74, 6) is 0.810. The van der Waals surface area contributed by atoms with Gasteiger partial charge in [-0.15, -0.1) is 24.0 Å². The third-order valence-electron chi connectivity index (χ3n) is 2.82. The van der Waals surface area contributed by atoms with Gasteiger partial charge in [0.15, 0.2) is 5.96 Å². The standard InChI is InChI=1S/C15H26N4O.HI/c1-4-20-11-6-5-10-17-15(16-3)18-12-14-9-7-8-13(2)19-14;/h7-9H,4-6,10-12H2,1-3H3,(H2,16,17,18);1H. The van der Waals surface area contributed by atoms with Gasteiger partial charge in [0.2, 0.25) is 0 Å². The van der Waals surface area contributed by atoms with Crippen molar-refractivity contribution in [3.8, 4) is 0 Å². The van der Waals surface area contributed by atoms with Gasteiger partial charge in [-0.05, 0) is 38.8 Å². The molecule has 120 valence electrons. The minimum absolute atomic E-state index is 0. The molecule has 0 fully saturated rings. The lowest BCUT2D eigenvalue weighted by atomic mass is 10.3. The number of aryl methyl sites for hydroxylation is 1. The molecule has 1 aromatic heterocycles. The van der Waals surface area contributed by atoms with Gasteiger partial charge in [0, 0.05) is 32.5 Å². The predicted octanol–water partition coefficient (Wildman–Crippen LogP) is 2.49. The molecule has 0 spiro atoms. The maximum Gasteiger partial charge on any atom is 0.191 e. The van der Waals surface area contributed by atoms with Crippen LogP contribution in [0.3, 0.4) is 0 Å². The number of halogens is 1. The second-order valence-electron chi connectivity index (χ2n) is 4.53. The van der Waals surface area contributed by atoms with Crippen molar-refractivity contribution in [2.45, 2.75) is 33.2 Å². The monoisotopic (exact) mass is 406 g/mol. The molecule has 5 nitrogen and oxygen atoms in total. The van der Waals surface area contributed by atoms with Gasteiger partial charge < -0.3 is 15.4 Å². The number of nitrogens with zero attached hydrogens (tertiary/aromatic N) is 2. The second-order valence-corrected chi connectivity index (χ2v) is 4.53. The van der Waals surface area contributed by atoms with Gasteiger partial charge in [-0.1, -0.05) is 6.07 Å². The number of rotatable bonds is 8. The summed E-state index contributed by atoms with van der Waals surface area (Å²) in [6.45, 7) is 7.21. The number of hydrogen-bond acceptors (Lipinski definition) is 3. The van der Waals surface area contributed by atoms with Crippen molar-refractivity contribution in [1.29, 1.82) is 0 Å². The molecule has 0 unspecified atom stereocenters. The van der Waals surface area contributed by atoms with E-state index < -0.39 is 0 Å². The van der Waals surface area contributed by atoms with E-state index in [-0.39, 0.29) is 24.0 Å². The van der Waals surface area contributed by atoms with Crippen LogP contribution >= 0.6 is 24.0 Å². The van der Waals surface area contributed by atoms with E-state index in [1.165, 1.54) is 0 Å². The first-order valence-electron chi connectivity index (χ1n) is 7.21. The zero-order chi connectivity index (χ0) is 14.6. The number of unbranched alkanes of at least 4 members (excludes halogenated alkanes) is 1. The molecule has 0 aromatic carbocycles. The number of hydrogen-bond donors (Lipinski definition) is 2. The molecule has 0 aliphatic heterocycles. The summed E-state index contributed by atoms with van der Waals surface area (Å²) in [4.78, 5) is 8.64. The van der Waals surface area contributed by atoms with Crippen LogP contribution in [0.4, 0.5) is 0 Å². The van der Waals surface area contributed by atoms with Crippen LogP contribution in [0.25, 0.3) is 0 Å². The summed E-state index contributed by atoms with van der Waals surface area (Å²) >= 11 is 0. The Kier molecular flexibility index (Phi) is 12.3. The van der Waals surface area contributed by atoms with E-state index in [1.54, 1.807) is 7.05 Å². The maximum absolute atomic E-state index is 5.30. The van der Waals surface area contributed by atoms with Crippen molar-refractivity contribution in [1.82, 2.24) is 15.6 Å². The average molecular weight is 406 g/mol. The Morgan fingerprint density at radius 3 is 2.76 bits per heavy atom. The summed E-state index contributed by atoms with van der Waals surface area (Å²) in [5, 5.41) is 6.55. The van der Waals surface area contributed by atoms with E-state index in [0.29, 0.717) is 6.54 Å². The minimum atomic E-state index is 0. The van der Waals surface area contributed by atoms with Crippen molar-refractivity contribution in [2.75, 3.05) is 26.8 Å². The van der Waals surface area contributed by atoms with Crippen LogP contribution in [0.15, 0.2) is 23.2 Å². The zero-order valence-corrected chi connectivity index (χ0v) is 15.5. The summed E-state index contributed by atoms with van der Waals surface area (Å²) in [6, 6.07) is 6.02. The highest BCUT2D eigenvalue weighted by Crippen LogP contribution is 1.97. The Morgan fingerprint density at radius 1 is 1.29 bits per heavy atom. The fraction of sp³-hybridized carbons (Fsp3) is 0.600. The number of ether oxygens (including phenoxy) is 1. The molecule has 0 aliphatic rings. The van der Waals surface area contributed by atoms with Gasteiger partial charge in [0.25, 0.3) is 0 Å². The van der Waals surface area contributed by atoms with E-state index in [2.05, 4.69) is 20.6 Å². The van der Waals surface area contributed by atoms with E-state index in [9.17, 15) is 0 Å². The van der Waals surface area contributed by atoms with Crippen LogP contribution in [0, 0.1) is 6.92 Å². The predicted molar refractivity (Wildman–Crippen MR) is 98.3 cm³/mol. The van der Waals surface area contributed by atoms with E-state index in [1.807, 2.05) is 32.0 Å². The van der Waals surface area contributed by atoms with Crippen LogP contribution in [-0.4, -0.2) is 37.7 Å². The lowest BCUT2D eigenvalue weighted by molar-refractivity contribution is 0.143. The number of pyridine rings is 1. The van der Waals surface area contributed by atoms with Crippen LogP contribution in [-0.2, 0) is 11.3 Å². The molecule has 0 radical (unpaired) electrons. The highest BCUT2D eigenvalue weighted by atomic mass is 127.